The molecule has 1 aromatic carbocycles. The molecule has 0 aliphatic carbocycles. The molecule has 0 saturated carbocycles. The molecule has 0 unspecified atom stereocenters. The van der Waals surface area contributed by atoms with Crippen LogP contribution in [-0.4, -0.2) is 28.0 Å². The standard InChI is InChI=1S/C10H8I3NO3/c11-4-9(15)14(5-10(16)17)8-2-1-6(12)3-7(8)13/h1-3H,4-5H2,(H,16,17). The van der Waals surface area contributed by atoms with Gasteiger partial charge in [0.25, 0.3) is 0 Å². The topological polar surface area (TPSA) is 57.6 Å². The van der Waals surface area contributed by atoms with Gasteiger partial charge in [-0.25, -0.2) is 0 Å². The van der Waals surface area contributed by atoms with Crippen molar-refractivity contribution >= 4 is 85.3 Å². The van der Waals surface area contributed by atoms with E-state index in [0.29, 0.717) is 5.69 Å². The van der Waals surface area contributed by atoms with E-state index in [1.807, 2.05) is 34.7 Å². The van der Waals surface area contributed by atoms with Crippen LogP contribution in [0.1, 0.15) is 0 Å². The number of halogens is 3. The van der Waals surface area contributed by atoms with Gasteiger partial charge in [0.05, 0.1) is 10.1 Å². The summed E-state index contributed by atoms with van der Waals surface area (Å²) in [6.07, 6.45) is 0. The number of hydrogen-bond donors (Lipinski definition) is 1. The fraction of sp³-hybridized carbons (Fsp3) is 0.200. The molecule has 1 aromatic rings. The highest BCUT2D eigenvalue weighted by Crippen LogP contribution is 2.25. The molecule has 0 fully saturated rings. The quantitative estimate of drug-likeness (QED) is 0.448. The first-order valence-corrected chi connectivity index (χ1v) is 8.17. The van der Waals surface area contributed by atoms with Gasteiger partial charge in [-0.1, -0.05) is 22.6 Å². The molecule has 4 nitrogen and oxygen atoms in total. The Labute approximate surface area is 140 Å². The molecule has 0 bridgehead atoms. The first-order chi connectivity index (χ1) is 7.95. The highest BCUT2D eigenvalue weighted by Gasteiger charge is 2.19. The van der Waals surface area contributed by atoms with Crippen molar-refractivity contribution in [3.8, 4) is 0 Å². The molecule has 0 aliphatic rings. The lowest BCUT2D eigenvalue weighted by Crippen LogP contribution is -2.37. The molecule has 7 heteroatoms. The molecule has 0 saturated heterocycles. The molecule has 0 heterocycles. The zero-order valence-corrected chi connectivity index (χ0v) is 15.0. The largest absolute Gasteiger partial charge is 0.480 e. The van der Waals surface area contributed by atoms with Gasteiger partial charge in [-0.2, -0.15) is 0 Å². The number of nitrogens with zero attached hydrogens (tertiary/aromatic N) is 1. The van der Waals surface area contributed by atoms with E-state index < -0.39 is 5.97 Å². The molecule has 1 rings (SSSR count). The van der Waals surface area contributed by atoms with Crippen molar-refractivity contribution in [3.05, 3.63) is 25.3 Å². The molecule has 17 heavy (non-hydrogen) atoms. The van der Waals surface area contributed by atoms with Crippen LogP contribution in [0.25, 0.3) is 0 Å². The predicted molar refractivity (Wildman–Crippen MR) is 90.8 cm³/mol. The zero-order chi connectivity index (χ0) is 13.0. The summed E-state index contributed by atoms with van der Waals surface area (Å²) >= 11 is 6.21. The molecule has 92 valence electrons. The Balaban J connectivity index is 3.12. The van der Waals surface area contributed by atoms with Crippen LogP contribution in [0.4, 0.5) is 5.69 Å². The molecular weight excluding hydrogens is 563 g/mol. The predicted octanol–water partition coefficient (Wildman–Crippen LogP) is 2.75. The number of amides is 1. The summed E-state index contributed by atoms with van der Waals surface area (Å²) in [7, 11) is 0. The Kier molecular flexibility index (Phi) is 6.40. The van der Waals surface area contributed by atoms with Crippen molar-refractivity contribution in [2.24, 2.45) is 0 Å². The lowest BCUT2D eigenvalue weighted by Gasteiger charge is -2.21. The average molecular weight is 571 g/mol. The normalized spacial score (nSPS) is 10.1. The maximum absolute atomic E-state index is 11.7. The van der Waals surface area contributed by atoms with E-state index >= 15 is 0 Å². The van der Waals surface area contributed by atoms with E-state index in [2.05, 4.69) is 45.2 Å². The number of aliphatic carboxylic acids is 1. The molecule has 0 radical (unpaired) electrons. The molecule has 0 spiro atoms. The Morgan fingerprint density at radius 1 is 1.29 bits per heavy atom. The van der Waals surface area contributed by atoms with E-state index in [1.54, 1.807) is 6.07 Å². The average Bonchev–Trinajstić information content (AvgIpc) is 2.25. The second-order valence-electron chi connectivity index (χ2n) is 3.10. The van der Waals surface area contributed by atoms with E-state index in [0.717, 1.165) is 7.14 Å². The molecule has 1 N–H and O–H groups in total. The molecular formula is C10H8I3NO3. The number of benzene rings is 1. The third kappa shape index (κ3) is 4.50. The number of alkyl halides is 1. The smallest absolute Gasteiger partial charge is 0.323 e. The van der Waals surface area contributed by atoms with Crippen molar-refractivity contribution in [1.82, 2.24) is 0 Å². The maximum atomic E-state index is 11.7. The van der Waals surface area contributed by atoms with Crippen molar-refractivity contribution in [3.63, 3.8) is 0 Å². The number of carbonyl (C=O) groups is 2. The van der Waals surface area contributed by atoms with E-state index in [9.17, 15) is 9.59 Å². The summed E-state index contributed by atoms with van der Waals surface area (Å²) in [6, 6.07) is 5.54. The van der Waals surface area contributed by atoms with Gasteiger partial charge in [0, 0.05) is 7.14 Å². The van der Waals surface area contributed by atoms with Crippen LogP contribution < -0.4 is 4.90 Å². The van der Waals surface area contributed by atoms with Crippen LogP contribution in [0.3, 0.4) is 0 Å². The Hall–Kier alpha value is 0.350. The third-order valence-corrected chi connectivity index (χ3v) is 4.10. The number of anilines is 1. The highest BCUT2D eigenvalue weighted by atomic mass is 127. The van der Waals surface area contributed by atoms with Gasteiger partial charge in [0.15, 0.2) is 0 Å². The van der Waals surface area contributed by atoms with Gasteiger partial charge < -0.3 is 5.11 Å². The number of carboxylic acids is 1. The second kappa shape index (κ2) is 7.07. The van der Waals surface area contributed by atoms with E-state index in [-0.39, 0.29) is 16.9 Å². The third-order valence-electron chi connectivity index (χ3n) is 1.91. The van der Waals surface area contributed by atoms with Crippen LogP contribution in [0.2, 0.25) is 0 Å². The maximum Gasteiger partial charge on any atom is 0.323 e. The number of carbonyl (C=O) groups excluding carboxylic acids is 1. The Morgan fingerprint density at radius 2 is 1.94 bits per heavy atom. The minimum Gasteiger partial charge on any atom is -0.480 e. The number of hydrogen-bond acceptors (Lipinski definition) is 2. The summed E-state index contributed by atoms with van der Waals surface area (Å²) in [5.74, 6) is -1.22. The minimum absolute atomic E-state index is 0.202. The van der Waals surface area contributed by atoms with Crippen LogP contribution in [-0.2, 0) is 9.59 Å². The van der Waals surface area contributed by atoms with E-state index in [1.165, 1.54) is 4.90 Å². The summed E-state index contributed by atoms with van der Waals surface area (Å²) in [5, 5.41) is 8.83. The van der Waals surface area contributed by atoms with E-state index in [4.69, 9.17) is 5.11 Å². The number of carboxylic acid groups (broad SMARTS) is 1. The van der Waals surface area contributed by atoms with Gasteiger partial charge in [-0.05, 0) is 63.4 Å². The number of rotatable bonds is 4. The van der Waals surface area contributed by atoms with Crippen LogP contribution in [0.5, 0.6) is 0 Å². The molecule has 0 aromatic heterocycles. The van der Waals surface area contributed by atoms with Gasteiger partial charge >= 0.3 is 5.97 Å². The van der Waals surface area contributed by atoms with Crippen LogP contribution in [0.15, 0.2) is 18.2 Å². The molecule has 1 amide bonds. The lowest BCUT2D eigenvalue weighted by atomic mass is 10.3. The summed E-state index contributed by atoms with van der Waals surface area (Å²) < 4.78 is 2.18. The summed E-state index contributed by atoms with van der Waals surface area (Å²) in [6.45, 7) is -0.307. The van der Waals surface area contributed by atoms with Crippen molar-refractivity contribution in [2.45, 2.75) is 0 Å². The zero-order valence-electron chi connectivity index (χ0n) is 8.49. The van der Waals surface area contributed by atoms with Crippen molar-refractivity contribution < 1.29 is 14.7 Å². The minimum atomic E-state index is -1.02. The van der Waals surface area contributed by atoms with Gasteiger partial charge in [0.2, 0.25) is 5.91 Å². The summed E-state index contributed by atoms with van der Waals surface area (Å²) in [4.78, 5) is 23.8. The fourth-order valence-corrected chi connectivity index (χ4v) is 3.52. The van der Waals surface area contributed by atoms with Crippen molar-refractivity contribution in [1.29, 1.82) is 0 Å². The van der Waals surface area contributed by atoms with Gasteiger partial charge in [0.1, 0.15) is 6.54 Å². The van der Waals surface area contributed by atoms with Crippen LogP contribution >= 0.6 is 67.8 Å². The Bertz CT molecular complexity index is 450. The van der Waals surface area contributed by atoms with Crippen LogP contribution in [0, 0.1) is 7.14 Å². The lowest BCUT2D eigenvalue weighted by molar-refractivity contribution is -0.136. The first kappa shape index (κ1) is 15.4. The summed E-state index contributed by atoms with van der Waals surface area (Å²) in [5.41, 5.74) is 0.648. The highest BCUT2D eigenvalue weighted by molar-refractivity contribution is 14.1. The Morgan fingerprint density at radius 3 is 2.41 bits per heavy atom. The second-order valence-corrected chi connectivity index (χ2v) is 6.27. The monoisotopic (exact) mass is 571 g/mol. The first-order valence-electron chi connectivity index (χ1n) is 4.49. The SMILES string of the molecule is O=C(O)CN(C(=O)CI)c1ccc(I)cc1I. The molecule has 0 aliphatic heterocycles. The molecule has 0 atom stereocenters. The fourth-order valence-electron chi connectivity index (χ4n) is 1.22. The van der Waals surface area contributed by atoms with Crippen molar-refractivity contribution in [2.75, 3.05) is 15.9 Å². The van der Waals surface area contributed by atoms with Gasteiger partial charge in [-0.15, -0.1) is 0 Å². The van der Waals surface area contributed by atoms with Gasteiger partial charge in [-0.3, -0.25) is 14.5 Å².